The van der Waals surface area contributed by atoms with Crippen LogP contribution in [0, 0.1) is 6.92 Å². The molecule has 0 saturated carbocycles. The number of amides is 1. The topological polar surface area (TPSA) is 29.1 Å². The molecule has 0 radical (unpaired) electrons. The minimum absolute atomic E-state index is 0.000414. The van der Waals surface area contributed by atoms with Gasteiger partial charge in [0.15, 0.2) is 0 Å². The summed E-state index contributed by atoms with van der Waals surface area (Å²) >= 11 is 1.49. The molecule has 2 nitrogen and oxygen atoms in total. The highest BCUT2D eigenvalue weighted by atomic mass is 32.1. The summed E-state index contributed by atoms with van der Waals surface area (Å²) in [5.74, 6) is 0.000414. The highest BCUT2D eigenvalue weighted by molar-refractivity contribution is 7.12. The minimum Gasteiger partial charge on any atom is -0.321 e. The van der Waals surface area contributed by atoms with E-state index in [4.69, 9.17) is 0 Å². The third kappa shape index (κ3) is 2.06. The number of carbonyl (C=O) groups is 1. The molecule has 0 bridgehead atoms. The third-order valence-electron chi connectivity index (χ3n) is 3.42. The molecule has 0 unspecified atom stereocenters. The van der Waals surface area contributed by atoms with Crippen LogP contribution in [-0.4, -0.2) is 5.91 Å². The fraction of sp³-hybridized carbons (Fsp3) is 0.267. The Morgan fingerprint density at radius 3 is 2.83 bits per heavy atom. The number of anilines is 1. The van der Waals surface area contributed by atoms with Crippen molar-refractivity contribution in [3.05, 3.63) is 51.2 Å². The Kier molecular flexibility index (Phi) is 2.92. The first-order chi connectivity index (χ1) is 8.74. The number of hydrogen-bond donors (Lipinski definition) is 1. The normalized spacial score (nSPS) is 13.4. The van der Waals surface area contributed by atoms with Gasteiger partial charge in [-0.25, -0.2) is 0 Å². The maximum atomic E-state index is 12.1. The maximum absolute atomic E-state index is 12.1. The lowest BCUT2D eigenvalue weighted by molar-refractivity contribution is 0.103. The van der Waals surface area contributed by atoms with E-state index in [2.05, 4.69) is 17.4 Å². The average molecular weight is 257 g/mol. The fourth-order valence-corrected chi connectivity index (χ4v) is 3.26. The summed E-state index contributed by atoms with van der Waals surface area (Å²) in [6, 6.07) is 8.23. The van der Waals surface area contributed by atoms with E-state index < -0.39 is 0 Å². The van der Waals surface area contributed by atoms with Gasteiger partial charge in [0.1, 0.15) is 0 Å². The molecule has 18 heavy (non-hydrogen) atoms. The lowest BCUT2D eigenvalue weighted by atomic mass is 10.1. The molecule has 0 aliphatic heterocycles. The van der Waals surface area contributed by atoms with Gasteiger partial charge in [-0.05, 0) is 66.5 Å². The molecule has 1 heterocycles. The summed E-state index contributed by atoms with van der Waals surface area (Å²) in [5, 5.41) is 4.94. The number of rotatable bonds is 2. The number of carbonyl (C=O) groups excluding carboxylic acids is 1. The predicted octanol–water partition coefficient (Wildman–Crippen LogP) is 3.80. The second kappa shape index (κ2) is 4.58. The van der Waals surface area contributed by atoms with Gasteiger partial charge < -0.3 is 5.32 Å². The van der Waals surface area contributed by atoms with E-state index in [-0.39, 0.29) is 5.91 Å². The molecule has 0 atom stereocenters. The molecule has 2 aromatic rings. The lowest BCUT2D eigenvalue weighted by Crippen LogP contribution is -2.11. The quantitative estimate of drug-likeness (QED) is 0.871. The van der Waals surface area contributed by atoms with Gasteiger partial charge in [0.25, 0.3) is 5.91 Å². The van der Waals surface area contributed by atoms with Gasteiger partial charge in [-0.1, -0.05) is 6.07 Å². The Labute approximate surface area is 111 Å². The van der Waals surface area contributed by atoms with E-state index in [0.29, 0.717) is 0 Å². The van der Waals surface area contributed by atoms with Crippen molar-refractivity contribution in [1.82, 2.24) is 0 Å². The van der Waals surface area contributed by atoms with Crippen molar-refractivity contribution >= 4 is 22.9 Å². The van der Waals surface area contributed by atoms with Gasteiger partial charge in [0.2, 0.25) is 0 Å². The molecule has 0 fully saturated rings. The van der Waals surface area contributed by atoms with E-state index >= 15 is 0 Å². The zero-order valence-corrected chi connectivity index (χ0v) is 11.1. The zero-order valence-electron chi connectivity index (χ0n) is 10.3. The molecule has 3 heteroatoms. The maximum Gasteiger partial charge on any atom is 0.265 e. The summed E-state index contributed by atoms with van der Waals surface area (Å²) in [7, 11) is 0. The molecule has 1 aromatic heterocycles. The highest BCUT2D eigenvalue weighted by Gasteiger charge is 2.14. The Balaban J connectivity index is 1.81. The van der Waals surface area contributed by atoms with Gasteiger partial charge in [-0.3, -0.25) is 4.79 Å². The molecule has 1 N–H and O–H groups in total. The summed E-state index contributed by atoms with van der Waals surface area (Å²) in [5.41, 5.74) is 4.77. The summed E-state index contributed by atoms with van der Waals surface area (Å²) in [4.78, 5) is 12.9. The van der Waals surface area contributed by atoms with Crippen molar-refractivity contribution in [1.29, 1.82) is 0 Å². The molecule has 1 aromatic carbocycles. The van der Waals surface area contributed by atoms with Crippen LogP contribution in [-0.2, 0) is 12.8 Å². The van der Waals surface area contributed by atoms with Crippen LogP contribution in [0.1, 0.15) is 32.8 Å². The molecular formula is C15H15NOS. The van der Waals surface area contributed by atoms with Gasteiger partial charge in [0.05, 0.1) is 4.88 Å². The molecular weight excluding hydrogens is 242 g/mol. The van der Waals surface area contributed by atoms with Crippen molar-refractivity contribution in [3.8, 4) is 0 Å². The molecule has 1 amide bonds. The smallest absolute Gasteiger partial charge is 0.265 e. The van der Waals surface area contributed by atoms with Crippen LogP contribution >= 0.6 is 11.3 Å². The summed E-state index contributed by atoms with van der Waals surface area (Å²) in [6.45, 7) is 1.97. The first-order valence-corrected chi connectivity index (χ1v) is 7.09. The van der Waals surface area contributed by atoms with E-state index in [9.17, 15) is 4.79 Å². The first kappa shape index (κ1) is 11.5. The standard InChI is InChI=1S/C15H15NOS/c1-10-7-8-18-14(10)15(17)16-13-6-5-11-3-2-4-12(11)9-13/h5-9H,2-4H2,1H3,(H,16,17). The van der Waals surface area contributed by atoms with Crippen LogP contribution in [0.4, 0.5) is 5.69 Å². The van der Waals surface area contributed by atoms with Crippen molar-refractivity contribution < 1.29 is 4.79 Å². The van der Waals surface area contributed by atoms with E-state index in [1.165, 1.54) is 35.3 Å². The summed E-state index contributed by atoms with van der Waals surface area (Å²) < 4.78 is 0. The lowest BCUT2D eigenvalue weighted by Gasteiger charge is -2.07. The molecule has 0 spiro atoms. The monoisotopic (exact) mass is 257 g/mol. The Morgan fingerprint density at radius 2 is 2.06 bits per heavy atom. The van der Waals surface area contributed by atoms with Crippen LogP contribution in [0.2, 0.25) is 0 Å². The second-order valence-electron chi connectivity index (χ2n) is 4.72. The number of hydrogen-bond acceptors (Lipinski definition) is 2. The van der Waals surface area contributed by atoms with Crippen LogP contribution in [0.3, 0.4) is 0 Å². The predicted molar refractivity (Wildman–Crippen MR) is 75.5 cm³/mol. The molecule has 1 aliphatic rings. The molecule has 1 aliphatic carbocycles. The number of nitrogens with one attached hydrogen (secondary N) is 1. The average Bonchev–Trinajstić information content (AvgIpc) is 2.96. The summed E-state index contributed by atoms with van der Waals surface area (Å²) in [6.07, 6.45) is 3.54. The number of thiophene rings is 1. The number of fused-ring (bicyclic) bond motifs is 1. The van der Waals surface area contributed by atoms with Crippen molar-refractivity contribution in [2.75, 3.05) is 5.32 Å². The Morgan fingerprint density at radius 1 is 1.22 bits per heavy atom. The minimum atomic E-state index is 0.000414. The van der Waals surface area contributed by atoms with E-state index in [1.54, 1.807) is 0 Å². The van der Waals surface area contributed by atoms with Crippen molar-refractivity contribution in [2.24, 2.45) is 0 Å². The van der Waals surface area contributed by atoms with Crippen molar-refractivity contribution in [3.63, 3.8) is 0 Å². The van der Waals surface area contributed by atoms with Crippen LogP contribution < -0.4 is 5.32 Å². The van der Waals surface area contributed by atoms with Gasteiger partial charge in [-0.15, -0.1) is 11.3 Å². The highest BCUT2D eigenvalue weighted by Crippen LogP contribution is 2.25. The van der Waals surface area contributed by atoms with Crippen LogP contribution in [0.5, 0.6) is 0 Å². The second-order valence-corrected chi connectivity index (χ2v) is 5.64. The fourth-order valence-electron chi connectivity index (χ4n) is 2.44. The molecule has 92 valence electrons. The molecule has 0 saturated heterocycles. The van der Waals surface area contributed by atoms with Gasteiger partial charge >= 0.3 is 0 Å². The third-order valence-corrected chi connectivity index (χ3v) is 4.44. The van der Waals surface area contributed by atoms with E-state index in [1.807, 2.05) is 24.4 Å². The van der Waals surface area contributed by atoms with Crippen molar-refractivity contribution in [2.45, 2.75) is 26.2 Å². The largest absolute Gasteiger partial charge is 0.321 e. The zero-order chi connectivity index (χ0) is 12.5. The Bertz CT molecular complexity index is 600. The Hall–Kier alpha value is -1.61. The van der Waals surface area contributed by atoms with Gasteiger partial charge in [-0.2, -0.15) is 0 Å². The number of benzene rings is 1. The SMILES string of the molecule is Cc1ccsc1C(=O)Nc1ccc2c(c1)CCC2. The number of aryl methyl sites for hydroxylation is 3. The van der Waals surface area contributed by atoms with E-state index in [0.717, 1.165) is 22.5 Å². The first-order valence-electron chi connectivity index (χ1n) is 6.21. The van der Waals surface area contributed by atoms with Crippen LogP contribution in [0.25, 0.3) is 0 Å². The van der Waals surface area contributed by atoms with Gasteiger partial charge in [0, 0.05) is 5.69 Å². The molecule has 3 rings (SSSR count). The van der Waals surface area contributed by atoms with Crippen LogP contribution in [0.15, 0.2) is 29.6 Å².